The lowest BCUT2D eigenvalue weighted by Crippen LogP contribution is -2.36. The lowest BCUT2D eigenvalue weighted by Gasteiger charge is -2.28. The fourth-order valence-electron chi connectivity index (χ4n) is 3.44. The maximum absolute atomic E-state index is 6.46. The second-order valence-electron chi connectivity index (χ2n) is 6.81. The number of methoxy groups -OCH3 is 1. The van der Waals surface area contributed by atoms with Crippen LogP contribution in [0.4, 0.5) is 11.6 Å². The third-order valence-electron chi connectivity index (χ3n) is 5.00. The van der Waals surface area contributed by atoms with Crippen LogP contribution in [0, 0.1) is 6.92 Å². The molecule has 1 atom stereocenters. The second-order valence-corrected chi connectivity index (χ2v) is 7.66. The number of para-hydroxylation sites is 1. The molecule has 1 saturated heterocycles. The van der Waals surface area contributed by atoms with Gasteiger partial charge in [-0.2, -0.15) is 5.10 Å². The van der Waals surface area contributed by atoms with Gasteiger partial charge in [0.15, 0.2) is 5.82 Å². The lowest BCUT2D eigenvalue weighted by molar-refractivity contribution is 0.122. The lowest BCUT2D eigenvalue weighted by atomic mass is 10.1. The van der Waals surface area contributed by atoms with Crippen molar-refractivity contribution in [1.29, 1.82) is 0 Å². The number of morpholine rings is 1. The molecule has 152 valence electrons. The Morgan fingerprint density at radius 1 is 1.24 bits per heavy atom. The molecule has 8 nitrogen and oxygen atoms in total. The molecule has 0 aliphatic carbocycles. The van der Waals surface area contributed by atoms with Crippen LogP contribution < -0.4 is 20.7 Å². The van der Waals surface area contributed by atoms with Gasteiger partial charge in [-0.15, -0.1) is 5.10 Å². The third kappa shape index (κ3) is 3.98. The van der Waals surface area contributed by atoms with Gasteiger partial charge in [-0.25, -0.2) is 4.98 Å². The van der Waals surface area contributed by atoms with E-state index in [2.05, 4.69) is 41.3 Å². The van der Waals surface area contributed by atoms with E-state index < -0.39 is 6.17 Å². The number of nitrogens with zero attached hydrogens (tertiary/aromatic N) is 4. The average Bonchev–Trinajstić information content (AvgIpc) is 2.76. The first-order valence-electron chi connectivity index (χ1n) is 9.38. The van der Waals surface area contributed by atoms with Gasteiger partial charge in [-0.3, -0.25) is 0 Å². The number of benzene rings is 1. The number of hydrogen-bond donors (Lipinski definition) is 2. The van der Waals surface area contributed by atoms with Crippen LogP contribution in [-0.4, -0.2) is 48.6 Å². The zero-order valence-electron chi connectivity index (χ0n) is 16.4. The Kier molecular flexibility index (Phi) is 5.79. The molecule has 1 aliphatic heterocycles. The Morgan fingerprint density at radius 2 is 2.03 bits per heavy atom. The monoisotopic (exact) mass is 458 g/mol. The summed E-state index contributed by atoms with van der Waals surface area (Å²) in [5.41, 5.74) is 8.10. The zero-order valence-corrected chi connectivity index (χ0v) is 17.9. The quantitative estimate of drug-likeness (QED) is 0.562. The van der Waals surface area contributed by atoms with E-state index in [0.717, 1.165) is 45.4 Å². The summed E-state index contributed by atoms with van der Waals surface area (Å²) in [4.78, 5) is 6.83. The molecule has 3 heterocycles. The number of nitrogens with two attached hydrogens (primary N) is 1. The minimum atomic E-state index is -0.525. The van der Waals surface area contributed by atoms with E-state index in [1.807, 2.05) is 37.4 Å². The van der Waals surface area contributed by atoms with E-state index >= 15 is 0 Å². The van der Waals surface area contributed by atoms with E-state index in [-0.39, 0.29) is 0 Å². The molecule has 0 unspecified atom stereocenters. The normalized spacial score (nSPS) is 15.4. The van der Waals surface area contributed by atoms with Crippen LogP contribution in [0.2, 0.25) is 0 Å². The van der Waals surface area contributed by atoms with Crippen molar-refractivity contribution in [3.63, 3.8) is 0 Å². The maximum Gasteiger partial charge on any atom is 0.158 e. The van der Waals surface area contributed by atoms with Crippen molar-refractivity contribution in [3.05, 3.63) is 46.2 Å². The standard InChI is InChI=1S/C20H23BrN6O2/c1-12-15-11-23-17(27-6-8-29-9-7-27)10-14(15)20(26-25-12)24-19(22)13-4-3-5-16(21)18(13)28-2/h3-5,10-11,19H,6-9,22H2,1-2H3,(H,24,26)/t19-/m0/s1. The molecule has 1 aromatic carbocycles. The summed E-state index contributed by atoms with van der Waals surface area (Å²) in [6.07, 6.45) is 1.32. The minimum Gasteiger partial charge on any atom is -0.495 e. The SMILES string of the molecule is COc1c(Br)cccc1[C@@H](N)Nc1nnc(C)c2cnc(N3CCOCC3)cc12. The minimum absolute atomic E-state index is 0.525. The Labute approximate surface area is 177 Å². The first-order valence-corrected chi connectivity index (χ1v) is 10.2. The summed E-state index contributed by atoms with van der Waals surface area (Å²) in [6, 6.07) is 7.79. The van der Waals surface area contributed by atoms with Crippen molar-refractivity contribution in [2.45, 2.75) is 13.1 Å². The first-order chi connectivity index (χ1) is 14.1. The highest BCUT2D eigenvalue weighted by Gasteiger charge is 2.19. The molecule has 0 amide bonds. The highest BCUT2D eigenvalue weighted by molar-refractivity contribution is 9.10. The number of hydrogen-bond acceptors (Lipinski definition) is 8. The van der Waals surface area contributed by atoms with Crippen LogP contribution >= 0.6 is 15.9 Å². The van der Waals surface area contributed by atoms with Crippen LogP contribution in [0.5, 0.6) is 5.75 Å². The number of aromatic nitrogens is 3. The third-order valence-corrected chi connectivity index (χ3v) is 5.62. The molecule has 1 fully saturated rings. The largest absolute Gasteiger partial charge is 0.495 e. The fourth-order valence-corrected chi connectivity index (χ4v) is 3.99. The molecule has 0 saturated carbocycles. The summed E-state index contributed by atoms with van der Waals surface area (Å²) in [6.45, 7) is 4.95. The van der Waals surface area contributed by atoms with Gasteiger partial charge < -0.3 is 25.4 Å². The van der Waals surface area contributed by atoms with E-state index in [9.17, 15) is 0 Å². The van der Waals surface area contributed by atoms with E-state index in [1.54, 1.807) is 7.11 Å². The Morgan fingerprint density at radius 3 is 2.79 bits per heavy atom. The maximum atomic E-state index is 6.46. The Balaban J connectivity index is 1.71. The first kappa shape index (κ1) is 19.8. The highest BCUT2D eigenvalue weighted by atomic mass is 79.9. The van der Waals surface area contributed by atoms with Crippen molar-refractivity contribution >= 4 is 38.3 Å². The molecule has 0 radical (unpaired) electrons. The van der Waals surface area contributed by atoms with Gasteiger partial charge in [0.2, 0.25) is 0 Å². The number of fused-ring (bicyclic) bond motifs is 1. The molecular formula is C20H23BrN6O2. The number of pyridine rings is 1. The van der Waals surface area contributed by atoms with Crippen LogP contribution in [0.15, 0.2) is 34.9 Å². The Hall–Kier alpha value is -2.49. The number of ether oxygens (including phenoxy) is 2. The van der Waals surface area contributed by atoms with Crippen molar-refractivity contribution in [1.82, 2.24) is 15.2 Å². The van der Waals surface area contributed by atoms with Gasteiger partial charge >= 0.3 is 0 Å². The summed E-state index contributed by atoms with van der Waals surface area (Å²) in [7, 11) is 1.62. The molecule has 29 heavy (non-hydrogen) atoms. The van der Waals surface area contributed by atoms with Crippen LogP contribution in [0.1, 0.15) is 17.4 Å². The number of aryl methyl sites for hydroxylation is 1. The molecule has 4 rings (SSSR count). The predicted molar refractivity (Wildman–Crippen MR) is 116 cm³/mol. The molecule has 9 heteroatoms. The van der Waals surface area contributed by atoms with Crippen molar-refractivity contribution in [2.24, 2.45) is 5.73 Å². The number of halogens is 1. The van der Waals surface area contributed by atoms with Crippen molar-refractivity contribution < 1.29 is 9.47 Å². The van der Waals surface area contributed by atoms with E-state index in [4.69, 9.17) is 15.2 Å². The molecule has 0 bridgehead atoms. The molecule has 3 N–H and O–H groups in total. The highest BCUT2D eigenvalue weighted by Crippen LogP contribution is 2.33. The summed E-state index contributed by atoms with van der Waals surface area (Å²) in [5, 5.41) is 13.8. The van der Waals surface area contributed by atoms with E-state index in [1.165, 1.54) is 0 Å². The summed E-state index contributed by atoms with van der Waals surface area (Å²) in [5.74, 6) is 2.19. The molecular weight excluding hydrogens is 436 g/mol. The van der Waals surface area contributed by atoms with Gasteiger partial charge in [-0.05, 0) is 35.0 Å². The van der Waals surface area contributed by atoms with Gasteiger partial charge in [0.05, 0.1) is 30.5 Å². The number of rotatable bonds is 5. The van der Waals surface area contributed by atoms with Gasteiger partial charge in [0, 0.05) is 35.6 Å². The summed E-state index contributed by atoms with van der Waals surface area (Å²) >= 11 is 3.50. The predicted octanol–water partition coefficient (Wildman–Crippen LogP) is 3.01. The van der Waals surface area contributed by atoms with Crippen LogP contribution in [0.3, 0.4) is 0 Å². The molecule has 1 aliphatic rings. The second kappa shape index (κ2) is 8.48. The summed E-state index contributed by atoms with van der Waals surface area (Å²) < 4.78 is 11.8. The molecule has 3 aromatic rings. The average molecular weight is 459 g/mol. The fraction of sp³-hybridized carbons (Fsp3) is 0.350. The van der Waals surface area contributed by atoms with E-state index in [0.29, 0.717) is 24.8 Å². The van der Waals surface area contributed by atoms with Gasteiger partial charge in [0.25, 0.3) is 0 Å². The van der Waals surface area contributed by atoms with Crippen LogP contribution in [0.25, 0.3) is 10.8 Å². The van der Waals surface area contributed by atoms with Crippen molar-refractivity contribution in [3.8, 4) is 5.75 Å². The molecule has 2 aromatic heterocycles. The Bertz CT molecular complexity index is 1030. The molecule has 0 spiro atoms. The zero-order chi connectivity index (χ0) is 20.4. The number of anilines is 2. The topological polar surface area (TPSA) is 98.4 Å². The number of nitrogens with one attached hydrogen (secondary N) is 1. The van der Waals surface area contributed by atoms with Gasteiger partial charge in [0.1, 0.15) is 17.7 Å². The van der Waals surface area contributed by atoms with Crippen LogP contribution in [-0.2, 0) is 4.74 Å². The smallest absolute Gasteiger partial charge is 0.158 e. The van der Waals surface area contributed by atoms with Crippen molar-refractivity contribution in [2.75, 3.05) is 43.6 Å². The van der Waals surface area contributed by atoms with Gasteiger partial charge in [-0.1, -0.05) is 12.1 Å².